The summed E-state index contributed by atoms with van der Waals surface area (Å²) in [6.07, 6.45) is 36.8. The molecule has 0 spiro atoms. The second-order valence-corrected chi connectivity index (χ2v) is 12.8. The molecule has 2 aliphatic rings. The predicted molar refractivity (Wildman–Crippen MR) is 197 cm³/mol. The number of epoxide rings is 2. The fourth-order valence-corrected chi connectivity index (χ4v) is 5.42. The SMILES string of the molecule is CCC1OC1CCCC/C=C\CCCC/C=C\CCCC(=O)OC.CCC1OC1CCCCC#CCCCCC#CCCCC(=O)OC. The molecule has 0 aromatic carbocycles. The summed E-state index contributed by atoms with van der Waals surface area (Å²) in [6, 6.07) is 0. The van der Waals surface area contributed by atoms with Crippen LogP contribution < -0.4 is 0 Å². The molecule has 0 saturated carbocycles. The minimum Gasteiger partial charge on any atom is -0.469 e. The van der Waals surface area contributed by atoms with Crippen molar-refractivity contribution in [3.63, 3.8) is 0 Å². The van der Waals surface area contributed by atoms with E-state index >= 15 is 0 Å². The molecule has 0 aliphatic carbocycles. The average molecular weight is 669 g/mol. The number of methoxy groups -OCH3 is 2. The molecule has 0 N–H and O–H groups in total. The van der Waals surface area contributed by atoms with E-state index in [9.17, 15) is 9.59 Å². The Morgan fingerprint density at radius 2 is 0.854 bits per heavy atom. The molecule has 4 atom stereocenters. The van der Waals surface area contributed by atoms with Crippen molar-refractivity contribution in [1.29, 1.82) is 0 Å². The monoisotopic (exact) mass is 669 g/mol. The Kier molecular flexibility index (Phi) is 28.7. The Morgan fingerprint density at radius 3 is 1.27 bits per heavy atom. The molecule has 2 saturated heterocycles. The van der Waals surface area contributed by atoms with Crippen molar-refractivity contribution in [1.82, 2.24) is 0 Å². The number of carbonyl (C=O) groups is 2. The second-order valence-electron chi connectivity index (χ2n) is 12.8. The minimum atomic E-state index is -0.151. The Morgan fingerprint density at radius 1 is 0.500 bits per heavy atom. The van der Waals surface area contributed by atoms with E-state index in [1.54, 1.807) is 0 Å². The lowest BCUT2D eigenvalue weighted by molar-refractivity contribution is -0.141. The Hall–Kier alpha value is -2.54. The van der Waals surface area contributed by atoms with Gasteiger partial charge in [0, 0.05) is 38.5 Å². The van der Waals surface area contributed by atoms with Crippen molar-refractivity contribution in [2.75, 3.05) is 14.2 Å². The summed E-state index contributed by atoms with van der Waals surface area (Å²) in [4.78, 5) is 21.8. The summed E-state index contributed by atoms with van der Waals surface area (Å²) < 4.78 is 20.3. The number of allylic oxidation sites excluding steroid dienone is 4. The van der Waals surface area contributed by atoms with Crippen molar-refractivity contribution in [3.8, 4) is 23.7 Å². The van der Waals surface area contributed by atoms with E-state index in [2.05, 4.69) is 71.3 Å². The summed E-state index contributed by atoms with van der Waals surface area (Å²) in [5.74, 6) is 12.5. The number of ether oxygens (including phenoxy) is 4. The number of unbranched alkanes of at least 4 members (excludes halogenated alkanes) is 12. The lowest BCUT2D eigenvalue weighted by atomic mass is 10.1. The van der Waals surface area contributed by atoms with Gasteiger partial charge in [0.15, 0.2) is 0 Å². The van der Waals surface area contributed by atoms with Crippen molar-refractivity contribution < 1.29 is 28.5 Å². The molecule has 0 aromatic heterocycles. The van der Waals surface area contributed by atoms with Crippen LogP contribution in [0.2, 0.25) is 0 Å². The normalized spacial score (nSPS) is 19.1. The highest BCUT2D eigenvalue weighted by Gasteiger charge is 2.36. The lowest BCUT2D eigenvalue weighted by Gasteiger charge is -1.97. The molecule has 0 bridgehead atoms. The summed E-state index contributed by atoms with van der Waals surface area (Å²) in [7, 11) is 2.86. The molecule has 0 radical (unpaired) electrons. The van der Waals surface area contributed by atoms with Crippen LogP contribution in [0, 0.1) is 23.7 Å². The molecule has 6 heteroatoms. The zero-order valence-corrected chi connectivity index (χ0v) is 31.0. The summed E-state index contributed by atoms with van der Waals surface area (Å²) in [5.41, 5.74) is 0. The third-order valence-corrected chi connectivity index (χ3v) is 8.65. The zero-order chi connectivity index (χ0) is 34.9. The number of hydrogen-bond donors (Lipinski definition) is 0. The van der Waals surface area contributed by atoms with Gasteiger partial charge in [0.25, 0.3) is 0 Å². The standard InChI is InChI=1S/C21H36O3.C21H32O3/c2*1-3-19-20(24-19)17-15-13-11-9-7-5-4-6-8-10-12-14-16-18-21(22)23-2/h7,9-10,12,19-20H,3-6,8,11,13-18H2,1-2H3;19-20H,3-6,8,11,13-18H2,1-2H3/b9-7-,12-10-;. The van der Waals surface area contributed by atoms with Gasteiger partial charge in [-0.25, -0.2) is 0 Å². The quantitative estimate of drug-likeness (QED) is 0.0300. The number of hydrogen-bond acceptors (Lipinski definition) is 6. The van der Waals surface area contributed by atoms with Crippen LogP contribution in [-0.4, -0.2) is 50.6 Å². The van der Waals surface area contributed by atoms with Crippen LogP contribution in [0.15, 0.2) is 24.3 Å². The first-order valence-corrected chi connectivity index (χ1v) is 19.2. The lowest BCUT2D eigenvalue weighted by Crippen LogP contribution is -1.98. The Labute approximate surface area is 294 Å². The van der Waals surface area contributed by atoms with Crippen LogP contribution in [-0.2, 0) is 28.5 Å². The van der Waals surface area contributed by atoms with Gasteiger partial charge < -0.3 is 18.9 Å². The smallest absolute Gasteiger partial charge is 0.305 e. The van der Waals surface area contributed by atoms with E-state index < -0.39 is 0 Å². The number of carbonyl (C=O) groups excluding carboxylic acids is 2. The van der Waals surface area contributed by atoms with Crippen molar-refractivity contribution in [2.24, 2.45) is 0 Å². The number of esters is 2. The molecule has 4 unspecified atom stereocenters. The number of rotatable bonds is 26. The molecule has 2 rings (SSSR count). The van der Waals surface area contributed by atoms with Gasteiger partial charge in [0.2, 0.25) is 0 Å². The summed E-state index contributed by atoms with van der Waals surface area (Å²) >= 11 is 0. The largest absolute Gasteiger partial charge is 0.469 e. The highest BCUT2D eigenvalue weighted by atomic mass is 16.6. The molecular weight excluding hydrogens is 600 g/mol. The Bertz CT molecular complexity index is 993. The first-order valence-electron chi connectivity index (χ1n) is 19.2. The highest BCUT2D eigenvalue weighted by Crippen LogP contribution is 2.30. The topological polar surface area (TPSA) is 77.7 Å². The molecular formula is C42H68O6. The van der Waals surface area contributed by atoms with Gasteiger partial charge in [-0.1, -0.05) is 44.6 Å². The van der Waals surface area contributed by atoms with E-state index in [1.165, 1.54) is 84.8 Å². The molecule has 272 valence electrons. The first kappa shape index (κ1) is 43.5. The molecule has 6 nitrogen and oxygen atoms in total. The van der Waals surface area contributed by atoms with Crippen LogP contribution in [0.25, 0.3) is 0 Å². The van der Waals surface area contributed by atoms with Gasteiger partial charge in [-0.05, 0) is 109 Å². The predicted octanol–water partition coefficient (Wildman–Crippen LogP) is 10.4. The maximum Gasteiger partial charge on any atom is 0.305 e. The molecule has 2 heterocycles. The van der Waals surface area contributed by atoms with E-state index in [0.29, 0.717) is 37.3 Å². The van der Waals surface area contributed by atoms with Gasteiger partial charge in [-0.15, -0.1) is 23.7 Å². The third-order valence-electron chi connectivity index (χ3n) is 8.65. The molecule has 48 heavy (non-hydrogen) atoms. The maximum atomic E-state index is 10.9. The van der Waals surface area contributed by atoms with Crippen LogP contribution in [0.5, 0.6) is 0 Å². The molecule has 2 aliphatic heterocycles. The second kappa shape index (κ2) is 31.7. The van der Waals surface area contributed by atoms with Gasteiger partial charge >= 0.3 is 11.9 Å². The Balaban J connectivity index is 0.000000480. The first-order chi connectivity index (χ1) is 23.5. The van der Waals surface area contributed by atoms with Crippen molar-refractivity contribution in [2.45, 2.75) is 192 Å². The average Bonchev–Trinajstić information content (AvgIpc) is 4.04. The molecule has 0 aromatic rings. The summed E-state index contributed by atoms with van der Waals surface area (Å²) in [6.45, 7) is 4.39. The molecule has 0 amide bonds. The van der Waals surface area contributed by atoms with Crippen molar-refractivity contribution >= 4 is 11.9 Å². The van der Waals surface area contributed by atoms with Crippen molar-refractivity contribution in [3.05, 3.63) is 24.3 Å². The molecule has 2 fully saturated rings. The summed E-state index contributed by atoms with van der Waals surface area (Å²) in [5, 5.41) is 0. The van der Waals surface area contributed by atoms with E-state index in [1.807, 2.05) is 0 Å². The van der Waals surface area contributed by atoms with E-state index in [4.69, 9.17) is 9.47 Å². The van der Waals surface area contributed by atoms with E-state index in [-0.39, 0.29) is 11.9 Å². The van der Waals surface area contributed by atoms with Crippen LogP contribution in [0.3, 0.4) is 0 Å². The maximum absolute atomic E-state index is 10.9. The van der Waals surface area contributed by atoms with Gasteiger partial charge in [0.1, 0.15) is 0 Å². The minimum absolute atomic E-state index is 0.110. The zero-order valence-electron chi connectivity index (χ0n) is 31.0. The van der Waals surface area contributed by atoms with Crippen LogP contribution in [0.1, 0.15) is 168 Å². The highest BCUT2D eigenvalue weighted by molar-refractivity contribution is 5.69. The van der Waals surface area contributed by atoms with Crippen LogP contribution in [0.4, 0.5) is 0 Å². The van der Waals surface area contributed by atoms with Gasteiger partial charge in [0.05, 0.1) is 38.6 Å². The fraction of sp³-hybridized carbons (Fsp3) is 0.762. The fourth-order valence-electron chi connectivity index (χ4n) is 5.42. The van der Waals surface area contributed by atoms with E-state index in [0.717, 1.165) is 70.6 Å². The van der Waals surface area contributed by atoms with Gasteiger partial charge in [-0.2, -0.15) is 0 Å². The third kappa shape index (κ3) is 27.4. The van der Waals surface area contributed by atoms with Crippen LogP contribution >= 0.6 is 0 Å². The van der Waals surface area contributed by atoms with Gasteiger partial charge in [-0.3, -0.25) is 9.59 Å².